The second kappa shape index (κ2) is 13.3. The van der Waals surface area contributed by atoms with Gasteiger partial charge in [-0.3, -0.25) is 9.59 Å². The summed E-state index contributed by atoms with van der Waals surface area (Å²) in [7, 11) is 6.82. The zero-order chi connectivity index (χ0) is 25.2. The van der Waals surface area contributed by atoms with Gasteiger partial charge in [-0.25, -0.2) is 0 Å². The zero-order valence-electron chi connectivity index (χ0n) is 22.5. The summed E-state index contributed by atoms with van der Waals surface area (Å²) >= 11 is 0. The Morgan fingerprint density at radius 3 is 2.39 bits per heavy atom. The molecule has 0 aromatic carbocycles. The number of allylic oxidation sites excluding steroid dienone is 1. The number of carbonyl (C=O) groups is 2. The lowest BCUT2D eigenvalue weighted by atomic mass is 9.85. The molecule has 0 aromatic rings. The van der Waals surface area contributed by atoms with Crippen molar-refractivity contribution < 1.29 is 28.3 Å². The number of hydrogen-bond donors (Lipinski definition) is 0. The normalized spacial score (nSPS) is 24.5. The summed E-state index contributed by atoms with van der Waals surface area (Å²) in [5.41, 5.74) is 1.91. The molecule has 0 N–H and O–H groups in total. The van der Waals surface area contributed by atoms with Crippen molar-refractivity contribution in [3.05, 3.63) is 23.3 Å². The molecule has 1 saturated heterocycles. The van der Waals surface area contributed by atoms with Crippen molar-refractivity contribution in [2.24, 2.45) is 5.92 Å². The van der Waals surface area contributed by atoms with E-state index in [0.29, 0.717) is 25.0 Å². The minimum absolute atomic E-state index is 0.249. The van der Waals surface area contributed by atoms with Crippen molar-refractivity contribution in [3.8, 4) is 0 Å². The molecule has 1 aliphatic rings. The third-order valence-corrected chi connectivity index (χ3v) is 6.71. The van der Waals surface area contributed by atoms with E-state index in [1.54, 1.807) is 0 Å². The van der Waals surface area contributed by atoms with Crippen LogP contribution in [-0.2, 0) is 23.8 Å². The molecule has 33 heavy (non-hydrogen) atoms. The maximum absolute atomic E-state index is 11.8. The van der Waals surface area contributed by atoms with Gasteiger partial charge in [0, 0.05) is 26.2 Å². The van der Waals surface area contributed by atoms with Gasteiger partial charge in [-0.1, -0.05) is 18.6 Å². The number of quaternary nitrogens is 1. The number of esters is 2. The topological polar surface area (TPSA) is 61.8 Å². The Hall–Kier alpha value is -1.66. The number of rotatable bonds is 11. The first-order valence-corrected chi connectivity index (χ1v) is 12.3. The third kappa shape index (κ3) is 10.9. The van der Waals surface area contributed by atoms with E-state index in [4.69, 9.17) is 14.2 Å². The van der Waals surface area contributed by atoms with Crippen LogP contribution in [0.2, 0.25) is 0 Å². The molecule has 1 aliphatic heterocycles. The smallest absolute Gasteiger partial charge is 0.303 e. The molecule has 1 rings (SSSR count). The van der Waals surface area contributed by atoms with E-state index >= 15 is 0 Å². The first-order chi connectivity index (χ1) is 15.2. The van der Waals surface area contributed by atoms with Crippen molar-refractivity contribution in [3.63, 3.8) is 0 Å². The highest BCUT2D eigenvalue weighted by molar-refractivity contribution is 5.66. The average Bonchev–Trinajstić information content (AvgIpc) is 2.80. The Kier molecular flexibility index (Phi) is 11.8. The van der Waals surface area contributed by atoms with Crippen molar-refractivity contribution in [2.45, 2.75) is 97.8 Å². The van der Waals surface area contributed by atoms with E-state index in [0.717, 1.165) is 42.2 Å². The Morgan fingerprint density at radius 2 is 1.85 bits per heavy atom. The fraction of sp³-hybridized carbons (Fsp3) is 0.778. The van der Waals surface area contributed by atoms with Gasteiger partial charge in [0.05, 0.1) is 33.8 Å². The van der Waals surface area contributed by atoms with Gasteiger partial charge in [-0.15, -0.1) is 0 Å². The Morgan fingerprint density at radius 1 is 1.18 bits per heavy atom. The minimum atomic E-state index is -0.533. The standard InChI is InChI=1S/C27H48NO5/c1-20(2)12-14-25(28(7,8)9)21(3)11-10-17-27(6)26(33-23(5)30)15-13-24(19-32-27)16-18-31-22(4)29/h12,16,21,25-26H,10-11,13-15,17-19H2,1-9H3/q+1/t21?,25?,26-,27+/m1/s1. The van der Waals surface area contributed by atoms with Crippen molar-refractivity contribution in [1.29, 1.82) is 0 Å². The quantitative estimate of drug-likeness (QED) is 0.237. The first kappa shape index (κ1) is 29.4. The summed E-state index contributed by atoms with van der Waals surface area (Å²) in [4.78, 5) is 22.8. The highest BCUT2D eigenvalue weighted by atomic mass is 16.6. The molecule has 0 bridgehead atoms. The molecule has 2 unspecified atom stereocenters. The maximum Gasteiger partial charge on any atom is 0.303 e. The van der Waals surface area contributed by atoms with Crippen LogP contribution in [0.4, 0.5) is 0 Å². The summed E-state index contributed by atoms with van der Waals surface area (Å²) in [5, 5.41) is 0. The van der Waals surface area contributed by atoms with Crippen LogP contribution in [0.15, 0.2) is 23.3 Å². The fourth-order valence-corrected chi connectivity index (χ4v) is 4.74. The van der Waals surface area contributed by atoms with E-state index in [2.05, 4.69) is 54.9 Å². The molecule has 1 heterocycles. The molecule has 0 radical (unpaired) electrons. The second-order valence-corrected chi connectivity index (χ2v) is 11.0. The molecule has 0 spiro atoms. The Bertz CT molecular complexity index is 702. The van der Waals surface area contributed by atoms with Gasteiger partial charge in [-0.05, 0) is 64.5 Å². The molecule has 6 nitrogen and oxygen atoms in total. The lowest BCUT2D eigenvalue weighted by Crippen LogP contribution is -2.48. The van der Waals surface area contributed by atoms with E-state index in [-0.39, 0.29) is 24.6 Å². The van der Waals surface area contributed by atoms with Gasteiger partial charge in [-0.2, -0.15) is 0 Å². The molecule has 4 atom stereocenters. The third-order valence-electron chi connectivity index (χ3n) is 6.71. The molecule has 0 amide bonds. The van der Waals surface area contributed by atoms with Crippen LogP contribution in [0.5, 0.6) is 0 Å². The number of hydrogen-bond acceptors (Lipinski definition) is 5. The summed E-state index contributed by atoms with van der Waals surface area (Å²) in [5.74, 6) is -0.0152. The number of carbonyl (C=O) groups excluding carboxylic acids is 2. The highest BCUT2D eigenvalue weighted by Crippen LogP contribution is 2.34. The Balaban J connectivity index is 2.84. The van der Waals surface area contributed by atoms with Crippen molar-refractivity contribution in [1.82, 2.24) is 0 Å². The number of nitrogens with zero attached hydrogens (tertiary/aromatic N) is 1. The Labute approximate surface area is 201 Å². The summed E-state index contributed by atoms with van der Waals surface area (Å²) in [6.45, 7) is 12.3. The minimum Gasteiger partial charge on any atom is -0.462 e. The molecule has 6 heteroatoms. The largest absolute Gasteiger partial charge is 0.462 e. The van der Waals surface area contributed by atoms with E-state index in [1.807, 2.05) is 6.08 Å². The molecule has 0 saturated carbocycles. The van der Waals surface area contributed by atoms with Crippen LogP contribution in [0, 0.1) is 5.92 Å². The van der Waals surface area contributed by atoms with Crippen LogP contribution in [0.1, 0.15) is 80.1 Å². The van der Waals surface area contributed by atoms with Crippen LogP contribution < -0.4 is 0 Å². The molecule has 0 aromatic heterocycles. The van der Waals surface area contributed by atoms with Gasteiger partial charge >= 0.3 is 11.9 Å². The zero-order valence-corrected chi connectivity index (χ0v) is 22.5. The SMILES string of the molecule is CC(=O)OCC=C1CC[C@@H](OC(C)=O)[C@](C)(CCCC(C)C(CC=C(C)C)[N+](C)(C)C)OC1. The van der Waals surface area contributed by atoms with Gasteiger partial charge in [0.15, 0.2) is 0 Å². The fourth-order valence-electron chi connectivity index (χ4n) is 4.74. The van der Waals surface area contributed by atoms with E-state index in [1.165, 1.54) is 19.4 Å². The highest BCUT2D eigenvalue weighted by Gasteiger charge is 2.40. The van der Waals surface area contributed by atoms with Crippen LogP contribution >= 0.6 is 0 Å². The maximum atomic E-state index is 11.8. The summed E-state index contributed by atoms with van der Waals surface area (Å²) in [6, 6.07) is 0.544. The summed E-state index contributed by atoms with van der Waals surface area (Å²) < 4.78 is 18.1. The van der Waals surface area contributed by atoms with Gasteiger partial charge in [0.1, 0.15) is 18.3 Å². The number of ether oxygens (including phenoxy) is 3. The van der Waals surface area contributed by atoms with Crippen molar-refractivity contribution >= 4 is 11.9 Å². The van der Waals surface area contributed by atoms with E-state index in [9.17, 15) is 9.59 Å². The molecule has 0 aliphatic carbocycles. The van der Waals surface area contributed by atoms with Crippen LogP contribution in [0.25, 0.3) is 0 Å². The lowest BCUT2D eigenvalue weighted by molar-refractivity contribution is -0.899. The van der Waals surface area contributed by atoms with E-state index < -0.39 is 5.60 Å². The lowest BCUT2D eigenvalue weighted by Gasteiger charge is -2.39. The molecular weight excluding hydrogens is 418 g/mol. The molecule has 1 fully saturated rings. The monoisotopic (exact) mass is 466 g/mol. The van der Waals surface area contributed by atoms with Crippen LogP contribution in [-0.4, -0.2) is 68.5 Å². The van der Waals surface area contributed by atoms with Crippen molar-refractivity contribution in [2.75, 3.05) is 34.4 Å². The average molecular weight is 467 g/mol. The summed E-state index contributed by atoms with van der Waals surface area (Å²) in [6.07, 6.45) is 9.45. The van der Waals surface area contributed by atoms with Crippen LogP contribution in [0.3, 0.4) is 0 Å². The van der Waals surface area contributed by atoms with Gasteiger partial charge in [0.2, 0.25) is 0 Å². The predicted molar refractivity (Wildman–Crippen MR) is 133 cm³/mol. The first-order valence-electron chi connectivity index (χ1n) is 12.3. The van der Waals surface area contributed by atoms with Gasteiger partial charge in [0.25, 0.3) is 0 Å². The van der Waals surface area contributed by atoms with Gasteiger partial charge < -0.3 is 18.7 Å². The second-order valence-electron chi connectivity index (χ2n) is 11.0. The molecule has 190 valence electrons. The predicted octanol–water partition coefficient (Wildman–Crippen LogP) is 5.21. The molecular formula is C27H48NO5+.